The molecule has 0 saturated heterocycles. The third kappa shape index (κ3) is 3.89. The van der Waals surface area contributed by atoms with Gasteiger partial charge in [-0.2, -0.15) is 4.98 Å². The van der Waals surface area contributed by atoms with Crippen molar-refractivity contribution in [2.45, 2.75) is 32.6 Å². The molecular formula is C20H17BrN2O3S. The molecule has 5 nitrogen and oxygen atoms in total. The molecule has 1 aromatic carbocycles. The third-order valence-electron chi connectivity index (χ3n) is 4.47. The molecule has 0 amide bonds. The maximum absolute atomic E-state index is 10.8. The number of carboxylic acid groups (broad SMARTS) is 1. The molecule has 0 radical (unpaired) electrons. The summed E-state index contributed by atoms with van der Waals surface area (Å²) in [6.07, 6.45) is 2.90. The van der Waals surface area contributed by atoms with Crippen LogP contribution in [0.15, 0.2) is 34.8 Å². The molecule has 4 rings (SSSR count). The average Bonchev–Trinajstić information content (AvgIpc) is 3.23. The maximum atomic E-state index is 10.8. The summed E-state index contributed by atoms with van der Waals surface area (Å²) in [4.78, 5) is 22.5. The van der Waals surface area contributed by atoms with Gasteiger partial charge in [-0.25, -0.2) is 4.98 Å². The first-order chi connectivity index (χ1) is 13.0. The number of hydrogen-bond donors (Lipinski definition) is 1. The number of rotatable bonds is 5. The second-order valence-corrected chi connectivity index (χ2v) is 8.57. The van der Waals surface area contributed by atoms with Crippen LogP contribution in [0.3, 0.4) is 0 Å². The fourth-order valence-electron chi connectivity index (χ4n) is 3.12. The summed E-state index contributed by atoms with van der Waals surface area (Å²) in [5, 5.41) is 8.89. The van der Waals surface area contributed by atoms with E-state index >= 15 is 0 Å². The van der Waals surface area contributed by atoms with Crippen LogP contribution in [0, 0.1) is 6.92 Å². The Hall–Kier alpha value is -2.25. The van der Waals surface area contributed by atoms with Crippen molar-refractivity contribution in [3.63, 3.8) is 0 Å². The molecule has 27 heavy (non-hydrogen) atoms. The number of aliphatic carboxylic acids is 1. The lowest BCUT2D eigenvalue weighted by Gasteiger charge is -2.11. The van der Waals surface area contributed by atoms with Gasteiger partial charge in [0.2, 0.25) is 5.88 Å². The summed E-state index contributed by atoms with van der Waals surface area (Å²) in [5.74, 6) is 1.08. The van der Waals surface area contributed by atoms with Gasteiger partial charge in [0.05, 0.1) is 17.0 Å². The highest BCUT2D eigenvalue weighted by atomic mass is 79.9. The minimum Gasteiger partial charge on any atom is -0.481 e. The molecule has 1 aliphatic rings. The molecule has 0 fully saturated rings. The van der Waals surface area contributed by atoms with Gasteiger partial charge in [-0.1, -0.05) is 12.1 Å². The van der Waals surface area contributed by atoms with Gasteiger partial charge in [0.25, 0.3) is 0 Å². The first-order valence-corrected chi connectivity index (χ1v) is 10.3. The van der Waals surface area contributed by atoms with Crippen LogP contribution >= 0.6 is 27.3 Å². The van der Waals surface area contributed by atoms with E-state index in [1.807, 2.05) is 6.07 Å². The Balaban J connectivity index is 1.66. The Morgan fingerprint density at radius 3 is 2.70 bits per heavy atom. The monoisotopic (exact) mass is 444 g/mol. The molecule has 1 aliphatic carbocycles. The predicted octanol–water partition coefficient (Wildman–Crippen LogP) is 5.18. The molecule has 0 spiro atoms. The second kappa shape index (κ2) is 7.40. The van der Waals surface area contributed by atoms with Crippen LogP contribution in [0.25, 0.3) is 10.7 Å². The largest absolute Gasteiger partial charge is 0.481 e. The molecule has 7 heteroatoms. The number of fused-ring (bicyclic) bond motifs is 1. The topological polar surface area (TPSA) is 72.3 Å². The fraction of sp³-hybridized carbons (Fsp3) is 0.250. The fourth-order valence-corrected chi connectivity index (χ4v) is 4.59. The Morgan fingerprint density at radius 1 is 1.26 bits per heavy atom. The van der Waals surface area contributed by atoms with Crippen molar-refractivity contribution in [1.82, 2.24) is 9.97 Å². The average molecular weight is 445 g/mol. The minimum absolute atomic E-state index is 0.0000596. The zero-order chi connectivity index (χ0) is 19.0. The molecule has 3 aromatic rings. The number of aryl methyl sites for hydroxylation is 2. The molecule has 0 unspecified atom stereocenters. The van der Waals surface area contributed by atoms with Gasteiger partial charge >= 0.3 is 5.97 Å². The van der Waals surface area contributed by atoms with Crippen molar-refractivity contribution >= 4 is 33.2 Å². The number of nitrogens with zero attached hydrogens (tertiary/aromatic N) is 2. The van der Waals surface area contributed by atoms with E-state index in [9.17, 15) is 4.79 Å². The number of ether oxygens (including phenoxy) is 1. The molecule has 0 atom stereocenters. The van der Waals surface area contributed by atoms with Gasteiger partial charge in [0.1, 0.15) is 5.75 Å². The molecule has 138 valence electrons. The lowest BCUT2D eigenvalue weighted by Crippen LogP contribution is -2.01. The van der Waals surface area contributed by atoms with Gasteiger partial charge in [-0.3, -0.25) is 4.79 Å². The van der Waals surface area contributed by atoms with E-state index in [1.54, 1.807) is 35.6 Å². The first kappa shape index (κ1) is 18.1. The lowest BCUT2D eigenvalue weighted by atomic mass is 10.1. The van der Waals surface area contributed by atoms with Crippen molar-refractivity contribution in [2.75, 3.05) is 0 Å². The summed E-state index contributed by atoms with van der Waals surface area (Å²) < 4.78 is 7.13. The number of aromatic nitrogens is 2. The molecular weight excluding hydrogens is 428 g/mol. The summed E-state index contributed by atoms with van der Waals surface area (Å²) in [7, 11) is 0. The number of benzene rings is 1. The van der Waals surface area contributed by atoms with Crippen molar-refractivity contribution in [3.05, 3.63) is 56.5 Å². The van der Waals surface area contributed by atoms with E-state index in [4.69, 9.17) is 19.8 Å². The van der Waals surface area contributed by atoms with Gasteiger partial charge in [-0.05, 0) is 65.9 Å². The Morgan fingerprint density at radius 2 is 2.04 bits per heavy atom. The molecule has 0 aliphatic heterocycles. The smallest absolute Gasteiger partial charge is 0.307 e. The van der Waals surface area contributed by atoms with Crippen LogP contribution in [-0.4, -0.2) is 21.0 Å². The summed E-state index contributed by atoms with van der Waals surface area (Å²) >= 11 is 5.21. The highest BCUT2D eigenvalue weighted by molar-refractivity contribution is 9.10. The number of halogens is 1. The van der Waals surface area contributed by atoms with Crippen molar-refractivity contribution in [3.8, 4) is 22.3 Å². The van der Waals surface area contributed by atoms with E-state index in [1.165, 1.54) is 4.88 Å². The molecule has 2 heterocycles. The lowest BCUT2D eigenvalue weighted by molar-refractivity contribution is -0.136. The summed E-state index contributed by atoms with van der Waals surface area (Å²) in [5.41, 5.74) is 2.86. The zero-order valence-electron chi connectivity index (χ0n) is 14.7. The van der Waals surface area contributed by atoms with Gasteiger partial charge in [0, 0.05) is 14.9 Å². The number of carboxylic acids is 1. The van der Waals surface area contributed by atoms with Crippen LogP contribution in [0.4, 0.5) is 0 Å². The van der Waals surface area contributed by atoms with E-state index in [-0.39, 0.29) is 6.42 Å². The minimum atomic E-state index is -0.848. The quantitative estimate of drug-likeness (QED) is 0.586. The van der Waals surface area contributed by atoms with Crippen molar-refractivity contribution < 1.29 is 14.6 Å². The van der Waals surface area contributed by atoms with E-state index in [0.29, 0.717) is 17.5 Å². The van der Waals surface area contributed by atoms with Crippen molar-refractivity contribution in [1.29, 1.82) is 0 Å². The Bertz CT molecular complexity index is 995. The standard InChI is InChI=1S/C20H17BrN2O3S/c1-11-15(21)10-17(27-11)19-22-16-4-2-3-14(16)20(23-19)26-13-7-5-12(6-8-13)9-18(24)25/h5-8,10H,2-4,9H2,1H3,(H,24,25). The van der Waals surface area contributed by atoms with Crippen LogP contribution < -0.4 is 4.74 Å². The molecule has 1 N–H and O–H groups in total. The van der Waals surface area contributed by atoms with Crippen LogP contribution in [-0.2, 0) is 24.1 Å². The maximum Gasteiger partial charge on any atom is 0.307 e. The van der Waals surface area contributed by atoms with E-state index in [0.717, 1.165) is 45.4 Å². The third-order valence-corrected chi connectivity index (χ3v) is 6.60. The van der Waals surface area contributed by atoms with E-state index < -0.39 is 5.97 Å². The molecule has 2 aromatic heterocycles. The van der Waals surface area contributed by atoms with E-state index in [2.05, 4.69) is 22.9 Å². The predicted molar refractivity (Wildman–Crippen MR) is 108 cm³/mol. The van der Waals surface area contributed by atoms with Crippen LogP contribution in [0.1, 0.15) is 28.1 Å². The molecule has 0 bridgehead atoms. The molecule has 0 saturated carbocycles. The van der Waals surface area contributed by atoms with Crippen molar-refractivity contribution in [2.24, 2.45) is 0 Å². The van der Waals surface area contributed by atoms with Gasteiger partial charge in [0.15, 0.2) is 5.82 Å². The summed E-state index contributed by atoms with van der Waals surface area (Å²) in [6.45, 7) is 2.06. The normalized spacial score (nSPS) is 12.8. The Labute approximate surface area is 169 Å². The van der Waals surface area contributed by atoms with Crippen LogP contribution in [0.2, 0.25) is 0 Å². The van der Waals surface area contributed by atoms with Crippen LogP contribution in [0.5, 0.6) is 11.6 Å². The highest BCUT2D eigenvalue weighted by Crippen LogP contribution is 2.37. The Kier molecular flexibility index (Phi) is 4.97. The number of hydrogen-bond acceptors (Lipinski definition) is 5. The highest BCUT2D eigenvalue weighted by Gasteiger charge is 2.22. The SMILES string of the molecule is Cc1sc(-c2nc3c(c(Oc4ccc(CC(=O)O)cc4)n2)CCC3)cc1Br. The first-order valence-electron chi connectivity index (χ1n) is 8.64. The summed E-state index contributed by atoms with van der Waals surface area (Å²) in [6, 6.07) is 9.15. The van der Waals surface area contributed by atoms with Gasteiger partial charge in [-0.15, -0.1) is 11.3 Å². The number of thiophene rings is 1. The van der Waals surface area contributed by atoms with Gasteiger partial charge < -0.3 is 9.84 Å². The second-order valence-electron chi connectivity index (χ2n) is 6.46. The zero-order valence-corrected chi connectivity index (χ0v) is 17.1. The number of carbonyl (C=O) groups is 1.